The van der Waals surface area contributed by atoms with E-state index in [1.54, 1.807) is 36.6 Å². The van der Waals surface area contributed by atoms with Gasteiger partial charge in [0.2, 0.25) is 0 Å². The van der Waals surface area contributed by atoms with E-state index in [0.717, 1.165) is 5.76 Å². The van der Waals surface area contributed by atoms with Gasteiger partial charge in [-0.1, -0.05) is 23.2 Å². The second kappa shape index (κ2) is 10.3. The summed E-state index contributed by atoms with van der Waals surface area (Å²) in [6, 6.07) is 10.6. The van der Waals surface area contributed by atoms with Crippen molar-refractivity contribution in [1.29, 1.82) is 0 Å². The van der Waals surface area contributed by atoms with Crippen molar-refractivity contribution in [3.05, 3.63) is 75.0 Å². The number of halogens is 2. The first-order valence-electron chi connectivity index (χ1n) is 9.08. The lowest BCUT2D eigenvalue weighted by molar-refractivity contribution is 0.226. The summed E-state index contributed by atoms with van der Waals surface area (Å²) >= 11 is 12.0. The Morgan fingerprint density at radius 2 is 2.03 bits per heavy atom. The van der Waals surface area contributed by atoms with E-state index < -0.39 is 5.56 Å². The number of benzene rings is 1. The van der Waals surface area contributed by atoms with Crippen molar-refractivity contribution in [2.45, 2.75) is 13.0 Å². The van der Waals surface area contributed by atoms with Gasteiger partial charge in [-0.2, -0.15) is 5.10 Å². The van der Waals surface area contributed by atoms with Crippen LogP contribution in [-0.4, -0.2) is 34.6 Å². The molecule has 1 aromatic carbocycles. The molecule has 0 spiro atoms. The molecular formula is C20H21Cl2N3O4. The van der Waals surface area contributed by atoms with Gasteiger partial charge in [0.25, 0.3) is 5.56 Å². The van der Waals surface area contributed by atoms with Gasteiger partial charge >= 0.3 is 0 Å². The fourth-order valence-corrected chi connectivity index (χ4v) is 3.04. The Morgan fingerprint density at radius 3 is 2.72 bits per heavy atom. The van der Waals surface area contributed by atoms with Crippen molar-refractivity contribution < 1.29 is 14.3 Å². The van der Waals surface area contributed by atoms with Crippen LogP contribution in [0.2, 0.25) is 10.0 Å². The van der Waals surface area contributed by atoms with Gasteiger partial charge in [-0.15, -0.1) is 0 Å². The number of aliphatic hydroxyl groups is 1. The molecule has 1 atom stereocenters. The summed E-state index contributed by atoms with van der Waals surface area (Å²) in [4.78, 5) is 12.4. The molecule has 154 valence electrons. The van der Waals surface area contributed by atoms with Crippen LogP contribution in [0.15, 0.2) is 58.1 Å². The summed E-state index contributed by atoms with van der Waals surface area (Å²) in [7, 11) is 0. The minimum absolute atomic E-state index is 0.0299. The van der Waals surface area contributed by atoms with E-state index in [1.807, 2.05) is 6.07 Å². The van der Waals surface area contributed by atoms with E-state index in [9.17, 15) is 9.90 Å². The van der Waals surface area contributed by atoms with E-state index in [2.05, 4.69) is 10.4 Å². The average molecular weight is 438 g/mol. The average Bonchev–Trinajstić information content (AvgIpc) is 3.24. The van der Waals surface area contributed by atoms with E-state index in [0.29, 0.717) is 29.4 Å². The second-order valence-corrected chi connectivity index (χ2v) is 7.23. The van der Waals surface area contributed by atoms with Crippen LogP contribution in [0.1, 0.15) is 5.76 Å². The lowest BCUT2D eigenvalue weighted by Crippen LogP contribution is -2.28. The number of rotatable bonds is 10. The molecule has 0 unspecified atom stereocenters. The number of ether oxygens (including phenoxy) is 1. The molecule has 2 N–H and O–H groups in total. The lowest BCUT2D eigenvalue weighted by atomic mass is 10.1. The SMILES string of the molecule is O=c1c(Cl)c(NC[C@H](CO)Cc2ccco2)cnn1CCOc1ccc(Cl)cc1. The number of nitrogens with one attached hydrogen (secondary N) is 1. The van der Waals surface area contributed by atoms with Crippen LogP contribution < -0.4 is 15.6 Å². The fraction of sp³-hybridized carbons (Fsp3) is 0.300. The Balaban J connectivity index is 1.55. The topological polar surface area (TPSA) is 89.5 Å². The van der Waals surface area contributed by atoms with Crippen molar-refractivity contribution >= 4 is 28.9 Å². The minimum Gasteiger partial charge on any atom is -0.492 e. The standard InChI is InChI=1S/C20H21Cl2N3O4/c21-15-3-5-16(6-4-15)29-9-7-25-20(27)19(22)18(12-24-25)23-11-14(13-26)10-17-2-1-8-28-17/h1-6,8,12,14,23,26H,7,9-11,13H2/t14-/m1/s1. The summed E-state index contributed by atoms with van der Waals surface area (Å²) in [5.74, 6) is 1.34. The minimum atomic E-state index is -0.414. The largest absolute Gasteiger partial charge is 0.492 e. The smallest absolute Gasteiger partial charge is 0.287 e. The highest BCUT2D eigenvalue weighted by Crippen LogP contribution is 2.18. The summed E-state index contributed by atoms with van der Waals surface area (Å²) in [6.45, 7) is 0.895. The maximum absolute atomic E-state index is 12.4. The number of aliphatic hydroxyl groups excluding tert-OH is 1. The molecule has 9 heteroatoms. The van der Waals surface area contributed by atoms with Gasteiger partial charge in [-0.25, -0.2) is 4.68 Å². The van der Waals surface area contributed by atoms with Crippen LogP contribution in [0, 0.1) is 5.92 Å². The summed E-state index contributed by atoms with van der Waals surface area (Å²) in [6.07, 6.45) is 3.66. The number of aromatic nitrogens is 2. The van der Waals surface area contributed by atoms with E-state index in [-0.39, 0.29) is 30.7 Å². The molecule has 7 nitrogen and oxygen atoms in total. The second-order valence-electron chi connectivity index (χ2n) is 6.42. The molecule has 0 aliphatic rings. The Labute approximate surface area is 177 Å². The summed E-state index contributed by atoms with van der Waals surface area (Å²) in [5, 5.41) is 17.4. The molecule has 0 bridgehead atoms. The molecule has 0 aliphatic heterocycles. The first-order chi connectivity index (χ1) is 14.1. The number of furan rings is 1. The molecule has 2 heterocycles. The molecule has 0 aliphatic carbocycles. The van der Waals surface area contributed by atoms with Crippen LogP contribution in [0.25, 0.3) is 0 Å². The monoisotopic (exact) mass is 437 g/mol. The number of anilines is 1. The van der Waals surface area contributed by atoms with Crippen molar-refractivity contribution in [3.8, 4) is 5.75 Å². The van der Waals surface area contributed by atoms with Crippen LogP contribution in [0.5, 0.6) is 5.75 Å². The van der Waals surface area contributed by atoms with E-state index >= 15 is 0 Å². The van der Waals surface area contributed by atoms with Gasteiger partial charge in [-0.05, 0) is 36.4 Å². The molecule has 29 heavy (non-hydrogen) atoms. The van der Waals surface area contributed by atoms with Crippen LogP contribution >= 0.6 is 23.2 Å². The Morgan fingerprint density at radius 1 is 1.24 bits per heavy atom. The summed E-state index contributed by atoms with van der Waals surface area (Å²) in [5.41, 5.74) is 0.00684. The maximum Gasteiger partial charge on any atom is 0.287 e. The Kier molecular flexibility index (Phi) is 7.57. The van der Waals surface area contributed by atoms with Gasteiger partial charge in [0.15, 0.2) is 0 Å². The van der Waals surface area contributed by atoms with Crippen molar-refractivity contribution in [2.24, 2.45) is 5.92 Å². The molecule has 2 aromatic heterocycles. The first kappa shape index (κ1) is 21.2. The number of hydrogen-bond acceptors (Lipinski definition) is 6. The predicted octanol–water partition coefficient (Wildman–Crippen LogP) is 3.49. The van der Waals surface area contributed by atoms with Gasteiger partial charge in [-0.3, -0.25) is 4.79 Å². The zero-order valence-corrected chi connectivity index (χ0v) is 17.1. The van der Waals surface area contributed by atoms with Crippen LogP contribution in [-0.2, 0) is 13.0 Å². The quantitative estimate of drug-likeness (QED) is 0.504. The zero-order valence-electron chi connectivity index (χ0n) is 15.6. The molecular weight excluding hydrogens is 417 g/mol. The van der Waals surface area contributed by atoms with Gasteiger partial charge in [0.1, 0.15) is 23.1 Å². The van der Waals surface area contributed by atoms with Gasteiger partial charge in [0, 0.05) is 30.5 Å². The highest BCUT2D eigenvalue weighted by Gasteiger charge is 2.14. The van der Waals surface area contributed by atoms with Crippen molar-refractivity contribution in [1.82, 2.24) is 9.78 Å². The molecule has 0 saturated heterocycles. The van der Waals surface area contributed by atoms with Crippen LogP contribution in [0.4, 0.5) is 5.69 Å². The van der Waals surface area contributed by atoms with E-state index in [1.165, 1.54) is 10.9 Å². The van der Waals surface area contributed by atoms with Crippen molar-refractivity contribution in [2.75, 3.05) is 25.1 Å². The molecule has 0 amide bonds. The third-order valence-electron chi connectivity index (χ3n) is 4.28. The van der Waals surface area contributed by atoms with Crippen LogP contribution in [0.3, 0.4) is 0 Å². The Bertz CT molecular complexity index is 959. The molecule has 0 fully saturated rings. The van der Waals surface area contributed by atoms with Crippen molar-refractivity contribution in [3.63, 3.8) is 0 Å². The van der Waals surface area contributed by atoms with E-state index in [4.69, 9.17) is 32.4 Å². The lowest BCUT2D eigenvalue weighted by Gasteiger charge is -2.16. The normalized spacial score (nSPS) is 12.0. The molecule has 3 aromatic rings. The molecule has 0 radical (unpaired) electrons. The summed E-state index contributed by atoms with van der Waals surface area (Å²) < 4.78 is 12.1. The Hall–Kier alpha value is -2.48. The predicted molar refractivity (Wildman–Crippen MR) is 112 cm³/mol. The molecule has 3 rings (SSSR count). The van der Waals surface area contributed by atoms with Gasteiger partial charge in [0.05, 0.1) is 24.7 Å². The van der Waals surface area contributed by atoms with Gasteiger partial charge < -0.3 is 19.6 Å². The zero-order chi connectivity index (χ0) is 20.6. The third-order valence-corrected chi connectivity index (χ3v) is 4.90. The molecule has 0 saturated carbocycles. The number of hydrogen-bond donors (Lipinski definition) is 2. The highest BCUT2D eigenvalue weighted by atomic mass is 35.5. The fourth-order valence-electron chi connectivity index (χ4n) is 2.70. The number of nitrogens with zero attached hydrogens (tertiary/aromatic N) is 2. The highest BCUT2D eigenvalue weighted by molar-refractivity contribution is 6.32. The first-order valence-corrected chi connectivity index (χ1v) is 9.83. The maximum atomic E-state index is 12.4. The third kappa shape index (κ3) is 6.00.